The molecule has 0 aromatic heterocycles. The molecule has 0 heterocycles. The Kier molecular flexibility index (Phi) is 3.12. The van der Waals surface area contributed by atoms with Gasteiger partial charge in [0.2, 0.25) is 0 Å². The van der Waals surface area contributed by atoms with Crippen molar-refractivity contribution in [1.29, 1.82) is 0 Å². The van der Waals surface area contributed by atoms with Crippen molar-refractivity contribution >= 4 is 17.3 Å². The summed E-state index contributed by atoms with van der Waals surface area (Å²) < 4.78 is 0. The van der Waals surface area contributed by atoms with Gasteiger partial charge in [0.1, 0.15) is 0 Å². The number of nitrogen functional groups attached to an aromatic ring is 1. The lowest BCUT2D eigenvalue weighted by molar-refractivity contribution is 1.30. The van der Waals surface area contributed by atoms with Gasteiger partial charge in [-0.2, -0.15) is 0 Å². The van der Waals surface area contributed by atoms with E-state index in [-0.39, 0.29) is 0 Å². The zero-order valence-electron chi connectivity index (χ0n) is 10.3. The third kappa shape index (κ3) is 2.29. The Morgan fingerprint density at radius 1 is 0.882 bits per heavy atom. The molecule has 0 spiro atoms. The fraction of sp³-hybridized carbons (Fsp3) is 0.200. The van der Waals surface area contributed by atoms with Crippen LogP contribution in [0.4, 0.5) is 5.69 Å². The zero-order chi connectivity index (χ0) is 12.6. The van der Waals surface area contributed by atoms with Crippen molar-refractivity contribution in [2.45, 2.75) is 20.8 Å². The number of hydrogen-bond donors (Lipinski definition) is 1. The summed E-state index contributed by atoms with van der Waals surface area (Å²) in [5.41, 5.74) is 12.5. The summed E-state index contributed by atoms with van der Waals surface area (Å²) in [7, 11) is 0. The molecule has 2 aromatic carbocycles. The van der Waals surface area contributed by atoms with Crippen molar-refractivity contribution in [3.63, 3.8) is 0 Å². The molecule has 0 aliphatic heterocycles. The molecule has 2 heteroatoms. The SMILES string of the molecule is Cc1cc(C)c(-c2ccc(N)c(Cl)c2)cc1C. The van der Waals surface area contributed by atoms with Crippen LogP contribution in [0, 0.1) is 20.8 Å². The molecule has 1 nitrogen and oxygen atoms in total. The standard InChI is InChI=1S/C15H16ClN/c1-9-6-11(3)13(7-10(9)2)12-4-5-15(17)14(16)8-12/h4-8H,17H2,1-3H3. The van der Waals surface area contributed by atoms with Gasteiger partial charge in [-0.1, -0.05) is 29.8 Å². The molecule has 0 amide bonds. The highest BCUT2D eigenvalue weighted by Crippen LogP contribution is 2.30. The van der Waals surface area contributed by atoms with Gasteiger partial charge >= 0.3 is 0 Å². The second kappa shape index (κ2) is 4.42. The van der Waals surface area contributed by atoms with Gasteiger partial charge in [-0.05, 0) is 60.7 Å². The summed E-state index contributed by atoms with van der Waals surface area (Å²) >= 11 is 6.06. The van der Waals surface area contributed by atoms with E-state index in [0.29, 0.717) is 10.7 Å². The molecule has 0 saturated heterocycles. The topological polar surface area (TPSA) is 26.0 Å². The van der Waals surface area contributed by atoms with Crippen LogP contribution < -0.4 is 5.73 Å². The summed E-state index contributed by atoms with van der Waals surface area (Å²) in [6, 6.07) is 10.2. The highest BCUT2D eigenvalue weighted by atomic mass is 35.5. The fourth-order valence-electron chi connectivity index (χ4n) is 1.97. The Bertz CT molecular complexity index is 573. The Hall–Kier alpha value is -1.47. The predicted octanol–water partition coefficient (Wildman–Crippen LogP) is 4.51. The second-order valence-corrected chi connectivity index (χ2v) is 4.89. The molecule has 0 fully saturated rings. The van der Waals surface area contributed by atoms with E-state index >= 15 is 0 Å². The maximum Gasteiger partial charge on any atom is 0.0641 e. The fourth-order valence-corrected chi connectivity index (χ4v) is 2.15. The lowest BCUT2D eigenvalue weighted by atomic mass is 9.95. The van der Waals surface area contributed by atoms with E-state index in [1.807, 2.05) is 18.2 Å². The van der Waals surface area contributed by atoms with Gasteiger partial charge < -0.3 is 5.73 Å². The van der Waals surface area contributed by atoms with Crippen LogP contribution in [0.3, 0.4) is 0 Å². The van der Waals surface area contributed by atoms with Crippen molar-refractivity contribution in [3.8, 4) is 11.1 Å². The first-order valence-electron chi connectivity index (χ1n) is 5.62. The third-order valence-corrected chi connectivity index (χ3v) is 3.48. The molecular formula is C15H16ClN. The van der Waals surface area contributed by atoms with E-state index in [9.17, 15) is 0 Å². The molecule has 0 radical (unpaired) electrons. The summed E-state index contributed by atoms with van der Waals surface area (Å²) in [6.07, 6.45) is 0. The lowest BCUT2D eigenvalue weighted by Gasteiger charge is -2.11. The van der Waals surface area contributed by atoms with Crippen LogP contribution in [0.5, 0.6) is 0 Å². The molecule has 88 valence electrons. The van der Waals surface area contributed by atoms with Crippen LogP contribution in [0.25, 0.3) is 11.1 Å². The normalized spacial score (nSPS) is 10.6. The van der Waals surface area contributed by atoms with Crippen molar-refractivity contribution < 1.29 is 0 Å². The molecule has 2 aromatic rings. The third-order valence-electron chi connectivity index (χ3n) is 3.15. The van der Waals surface area contributed by atoms with Gasteiger partial charge in [0.25, 0.3) is 0 Å². The van der Waals surface area contributed by atoms with Crippen LogP contribution >= 0.6 is 11.6 Å². The number of halogens is 1. The van der Waals surface area contributed by atoms with E-state index in [1.165, 1.54) is 22.3 Å². The summed E-state index contributed by atoms with van der Waals surface area (Å²) in [4.78, 5) is 0. The van der Waals surface area contributed by atoms with Gasteiger partial charge in [0, 0.05) is 0 Å². The molecule has 0 bridgehead atoms. The minimum absolute atomic E-state index is 0.611. The Balaban J connectivity index is 2.60. The largest absolute Gasteiger partial charge is 0.398 e. The smallest absolute Gasteiger partial charge is 0.0641 e. The summed E-state index contributed by atoms with van der Waals surface area (Å²) in [5.74, 6) is 0. The average Bonchev–Trinajstić information content (AvgIpc) is 2.27. The summed E-state index contributed by atoms with van der Waals surface area (Å²) in [5, 5.41) is 0.611. The first-order valence-corrected chi connectivity index (χ1v) is 6.00. The maximum absolute atomic E-state index is 6.06. The Labute approximate surface area is 107 Å². The minimum Gasteiger partial charge on any atom is -0.398 e. The van der Waals surface area contributed by atoms with Crippen molar-refractivity contribution in [2.75, 3.05) is 5.73 Å². The van der Waals surface area contributed by atoms with Gasteiger partial charge in [-0.3, -0.25) is 0 Å². The zero-order valence-corrected chi connectivity index (χ0v) is 11.1. The highest BCUT2D eigenvalue weighted by Gasteiger charge is 2.06. The van der Waals surface area contributed by atoms with Crippen molar-refractivity contribution in [2.24, 2.45) is 0 Å². The quantitative estimate of drug-likeness (QED) is 0.735. The second-order valence-electron chi connectivity index (χ2n) is 4.49. The van der Waals surface area contributed by atoms with Gasteiger partial charge in [-0.15, -0.1) is 0 Å². The molecule has 2 N–H and O–H groups in total. The van der Waals surface area contributed by atoms with E-state index in [0.717, 1.165) is 5.56 Å². The minimum atomic E-state index is 0.611. The Morgan fingerprint density at radius 3 is 2.18 bits per heavy atom. The molecule has 0 atom stereocenters. The average molecular weight is 246 g/mol. The molecule has 0 aliphatic carbocycles. The molecule has 17 heavy (non-hydrogen) atoms. The van der Waals surface area contributed by atoms with Gasteiger partial charge in [0.05, 0.1) is 10.7 Å². The van der Waals surface area contributed by atoms with Crippen LogP contribution in [0.2, 0.25) is 5.02 Å². The maximum atomic E-state index is 6.06. The predicted molar refractivity (Wildman–Crippen MR) is 75.5 cm³/mol. The molecule has 0 saturated carbocycles. The van der Waals surface area contributed by atoms with Gasteiger partial charge in [-0.25, -0.2) is 0 Å². The number of benzene rings is 2. The van der Waals surface area contributed by atoms with E-state index in [1.54, 1.807) is 0 Å². The lowest BCUT2D eigenvalue weighted by Crippen LogP contribution is -1.91. The molecule has 0 unspecified atom stereocenters. The molecular weight excluding hydrogens is 230 g/mol. The van der Waals surface area contributed by atoms with E-state index < -0.39 is 0 Å². The molecule has 2 rings (SSSR count). The molecule has 0 aliphatic rings. The monoisotopic (exact) mass is 245 g/mol. The van der Waals surface area contributed by atoms with Crippen LogP contribution in [0.1, 0.15) is 16.7 Å². The van der Waals surface area contributed by atoms with Crippen LogP contribution in [0.15, 0.2) is 30.3 Å². The van der Waals surface area contributed by atoms with E-state index in [4.69, 9.17) is 17.3 Å². The van der Waals surface area contributed by atoms with Gasteiger partial charge in [0.15, 0.2) is 0 Å². The number of nitrogens with two attached hydrogens (primary N) is 1. The van der Waals surface area contributed by atoms with Crippen molar-refractivity contribution in [3.05, 3.63) is 52.0 Å². The summed E-state index contributed by atoms with van der Waals surface area (Å²) in [6.45, 7) is 6.37. The number of aryl methyl sites for hydroxylation is 3. The first-order chi connectivity index (χ1) is 7.99. The van der Waals surface area contributed by atoms with E-state index in [2.05, 4.69) is 32.9 Å². The number of anilines is 1. The van der Waals surface area contributed by atoms with Crippen LogP contribution in [-0.4, -0.2) is 0 Å². The first kappa shape index (κ1) is 12.0. The van der Waals surface area contributed by atoms with Crippen molar-refractivity contribution in [1.82, 2.24) is 0 Å². The number of rotatable bonds is 1. The van der Waals surface area contributed by atoms with Crippen LogP contribution in [-0.2, 0) is 0 Å². The number of hydrogen-bond acceptors (Lipinski definition) is 1. The Morgan fingerprint density at radius 2 is 1.53 bits per heavy atom. The highest BCUT2D eigenvalue weighted by molar-refractivity contribution is 6.33.